The number of fused-ring (bicyclic) bond motifs is 1. The third-order valence-corrected chi connectivity index (χ3v) is 5.72. The first kappa shape index (κ1) is 17.7. The maximum absolute atomic E-state index is 12.4. The van der Waals surface area contributed by atoms with Crippen molar-refractivity contribution in [3.63, 3.8) is 0 Å². The van der Waals surface area contributed by atoms with Crippen LogP contribution in [0.1, 0.15) is 21.7 Å². The largest absolute Gasteiger partial charge is 0.459 e. The van der Waals surface area contributed by atoms with Gasteiger partial charge in [0.1, 0.15) is 18.0 Å². The minimum Gasteiger partial charge on any atom is -0.459 e. The van der Waals surface area contributed by atoms with E-state index in [0.29, 0.717) is 18.8 Å². The number of hydrogen-bond acceptors (Lipinski definition) is 6. The Morgan fingerprint density at radius 3 is 2.38 bits per heavy atom. The van der Waals surface area contributed by atoms with Crippen LogP contribution in [0.5, 0.6) is 0 Å². The molecule has 0 atom stereocenters. The first-order chi connectivity index (χ1) is 14.3. The number of furan rings is 1. The fourth-order valence-corrected chi connectivity index (χ4v) is 4.07. The van der Waals surface area contributed by atoms with E-state index < -0.39 is 0 Å². The zero-order valence-electron chi connectivity index (χ0n) is 16.2. The van der Waals surface area contributed by atoms with E-state index in [0.717, 1.165) is 44.2 Å². The summed E-state index contributed by atoms with van der Waals surface area (Å²) in [5.41, 5.74) is 2.79. The Bertz CT molecular complexity index is 996. The van der Waals surface area contributed by atoms with Crippen LogP contribution in [0.2, 0.25) is 0 Å². The molecule has 1 aromatic carbocycles. The predicted molar refractivity (Wildman–Crippen MR) is 110 cm³/mol. The van der Waals surface area contributed by atoms with Crippen LogP contribution in [0.4, 0.5) is 11.6 Å². The van der Waals surface area contributed by atoms with E-state index in [1.165, 1.54) is 17.4 Å². The van der Waals surface area contributed by atoms with Crippen LogP contribution in [0.15, 0.2) is 59.5 Å². The monoisotopic (exact) mass is 389 g/mol. The van der Waals surface area contributed by atoms with Crippen molar-refractivity contribution in [2.75, 3.05) is 42.5 Å². The predicted octanol–water partition coefficient (Wildman–Crippen LogP) is 2.59. The molecule has 29 heavy (non-hydrogen) atoms. The van der Waals surface area contributed by atoms with Gasteiger partial charge in [0.05, 0.1) is 6.26 Å². The molecule has 1 amide bonds. The maximum atomic E-state index is 12.4. The van der Waals surface area contributed by atoms with Gasteiger partial charge in [-0.25, -0.2) is 9.97 Å². The van der Waals surface area contributed by atoms with Crippen molar-refractivity contribution in [3.05, 3.63) is 71.9 Å². The van der Waals surface area contributed by atoms with Gasteiger partial charge in [-0.05, 0) is 29.7 Å². The number of benzene rings is 1. The van der Waals surface area contributed by atoms with Crippen molar-refractivity contribution < 1.29 is 9.21 Å². The first-order valence-electron chi connectivity index (χ1n) is 9.99. The van der Waals surface area contributed by atoms with E-state index in [1.54, 1.807) is 18.5 Å². The number of nitrogens with zero attached hydrogens (tertiary/aromatic N) is 5. The van der Waals surface area contributed by atoms with Crippen molar-refractivity contribution >= 4 is 17.5 Å². The van der Waals surface area contributed by atoms with Crippen LogP contribution in [0.25, 0.3) is 0 Å². The Morgan fingerprint density at radius 1 is 0.862 bits per heavy atom. The lowest BCUT2D eigenvalue weighted by molar-refractivity contribution is 0.0714. The van der Waals surface area contributed by atoms with Crippen LogP contribution < -0.4 is 9.80 Å². The highest BCUT2D eigenvalue weighted by Crippen LogP contribution is 2.25. The Balaban J connectivity index is 1.26. The standard InChI is InChI=1S/C22H23N5O2/c28-22(19-6-3-13-29-19)26-11-9-25(10-12-26)20-14-21(24-16-23-20)27-8-7-17-4-1-2-5-18(17)15-27/h1-6,13-14,16H,7-12,15H2. The summed E-state index contributed by atoms with van der Waals surface area (Å²) in [6.45, 7) is 4.61. The van der Waals surface area contributed by atoms with Gasteiger partial charge in [0, 0.05) is 45.3 Å². The molecule has 0 saturated carbocycles. The third-order valence-electron chi connectivity index (χ3n) is 5.72. The lowest BCUT2D eigenvalue weighted by Crippen LogP contribution is -2.49. The molecule has 1 fully saturated rings. The van der Waals surface area contributed by atoms with E-state index in [9.17, 15) is 4.79 Å². The molecule has 4 heterocycles. The van der Waals surface area contributed by atoms with Crippen LogP contribution >= 0.6 is 0 Å². The summed E-state index contributed by atoms with van der Waals surface area (Å²) in [5, 5.41) is 0. The lowest BCUT2D eigenvalue weighted by Gasteiger charge is -2.35. The Morgan fingerprint density at radius 2 is 1.62 bits per heavy atom. The zero-order chi connectivity index (χ0) is 19.6. The van der Waals surface area contributed by atoms with Crippen LogP contribution in [0, 0.1) is 0 Å². The highest BCUT2D eigenvalue weighted by atomic mass is 16.3. The van der Waals surface area contributed by atoms with Crippen molar-refractivity contribution in [2.24, 2.45) is 0 Å². The van der Waals surface area contributed by atoms with Crippen molar-refractivity contribution in [1.82, 2.24) is 14.9 Å². The second kappa shape index (κ2) is 7.58. The smallest absolute Gasteiger partial charge is 0.289 e. The molecule has 2 aromatic heterocycles. The van der Waals surface area contributed by atoms with Gasteiger partial charge in [-0.3, -0.25) is 4.79 Å². The molecule has 7 heteroatoms. The van der Waals surface area contributed by atoms with E-state index in [4.69, 9.17) is 4.42 Å². The Hall–Kier alpha value is -3.35. The molecular weight excluding hydrogens is 366 g/mol. The summed E-state index contributed by atoms with van der Waals surface area (Å²) >= 11 is 0. The van der Waals surface area contributed by atoms with Gasteiger partial charge in [0.15, 0.2) is 5.76 Å². The molecule has 0 N–H and O–H groups in total. The molecule has 148 valence electrons. The second-order valence-corrected chi connectivity index (χ2v) is 7.43. The molecule has 0 spiro atoms. The van der Waals surface area contributed by atoms with Gasteiger partial charge < -0.3 is 19.1 Å². The quantitative estimate of drug-likeness (QED) is 0.686. The number of rotatable bonds is 3. The maximum Gasteiger partial charge on any atom is 0.289 e. The average Bonchev–Trinajstić information content (AvgIpc) is 3.33. The molecular formula is C22H23N5O2. The molecule has 5 rings (SSSR count). The molecule has 0 radical (unpaired) electrons. The van der Waals surface area contributed by atoms with Gasteiger partial charge in [-0.1, -0.05) is 24.3 Å². The summed E-state index contributed by atoms with van der Waals surface area (Å²) in [6, 6.07) is 14.1. The van der Waals surface area contributed by atoms with Gasteiger partial charge in [-0.2, -0.15) is 0 Å². The van der Waals surface area contributed by atoms with E-state index in [2.05, 4.69) is 50.1 Å². The van der Waals surface area contributed by atoms with Gasteiger partial charge in [-0.15, -0.1) is 0 Å². The molecule has 2 aliphatic heterocycles. The second-order valence-electron chi connectivity index (χ2n) is 7.43. The summed E-state index contributed by atoms with van der Waals surface area (Å²) in [5.74, 6) is 2.22. The number of hydrogen-bond donors (Lipinski definition) is 0. The van der Waals surface area contributed by atoms with E-state index in [-0.39, 0.29) is 5.91 Å². The van der Waals surface area contributed by atoms with Crippen molar-refractivity contribution in [2.45, 2.75) is 13.0 Å². The number of carbonyl (C=O) groups is 1. The number of piperazine rings is 1. The molecule has 2 aliphatic rings. The molecule has 0 bridgehead atoms. The van der Waals surface area contributed by atoms with E-state index >= 15 is 0 Å². The highest BCUT2D eigenvalue weighted by Gasteiger charge is 2.25. The average molecular weight is 389 g/mol. The Labute approximate surface area is 169 Å². The summed E-state index contributed by atoms with van der Waals surface area (Å²) < 4.78 is 5.24. The highest BCUT2D eigenvalue weighted by molar-refractivity contribution is 5.91. The summed E-state index contributed by atoms with van der Waals surface area (Å²) in [4.78, 5) is 27.8. The Kier molecular flexibility index (Phi) is 4.63. The normalized spacial score (nSPS) is 16.6. The minimum absolute atomic E-state index is 0.0509. The van der Waals surface area contributed by atoms with Gasteiger partial charge >= 0.3 is 0 Å². The topological polar surface area (TPSA) is 65.7 Å². The van der Waals surface area contributed by atoms with Gasteiger partial charge in [0.25, 0.3) is 5.91 Å². The zero-order valence-corrected chi connectivity index (χ0v) is 16.2. The molecule has 0 aliphatic carbocycles. The van der Waals surface area contributed by atoms with Crippen LogP contribution in [-0.2, 0) is 13.0 Å². The first-order valence-corrected chi connectivity index (χ1v) is 9.99. The number of aromatic nitrogens is 2. The SMILES string of the molecule is O=C(c1ccco1)N1CCN(c2cc(N3CCc4ccccc4C3)ncn2)CC1. The van der Waals surface area contributed by atoms with Gasteiger partial charge in [0.2, 0.25) is 0 Å². The minimum atomic E-state index is -0.0509. The molecule has 0 unspecified atom stereocenters. The number of amides is 1. The molecule has 1 saturated heterocycles. The summed E-state index contributed by atoms with van der Waals surface area (Å²) in [7, 11) is 0. The third kappa shape index (κ3) is 3.55. The number of anilines is 2. The molecule has 7 nitrogen and oxygen atoms in total. The van der Waals surface area contributed by atoms with Crippen LogP contribution in [-0.4, -0.2) is 53.5 Å². The van der Waals surface area contributed by atoms with Crippen molar-refractivity contribution in [3.8, 4) is 0 Å². The summed E-state index contributed by atoms with van der Waals surface area (Å²) in [6.07, 6.45) is 4.21. The molecule has 3 aromatic rings. The number of carbonyl (C=O) groups excluding carboxylic acids is 1. The van der Waals surface area contributed by atoms with E-state index in [1.807, 2.05) is 4.90 Å². The fraction of sp³-hybridized carbons (Fsp3) is 0.318. The lowest BCUT2D eigenvalue weighted by atomic mass is 10.00. The van der Waals surface area contributed by atoms with Crippen LogP contribution in [0.3, 0.4) is 0 Å². The van der Waals surface area contributed by atoms with Crippen molar-refractivity contribution in [1.29, 1.82) is 0 Å². The fourth-order valence-electron chi connectivity index (χ4n) is 4.07.